The van der Waals surface area contributed by atoms with Gasteiger partial charge in [-0.2, -0.15) is 0 Å². The van der Waals surface area contributed by atoms with Crippen molar-refractivity contribution in [3.63, 3.8) is 0 Å². The molecule has 0 saturated carbocycles. The number of hydrogen-bond acceptors (Lipinski definition) is 12. The number of benzene rings is 2. The Hall–Kier alpha value is -6.60. The highest BCUT2D eigenvalue weighted by atomic mass is 16.6. The van der Waals surface area contributed by atoms with Crippen LogP contribution < -0.4 is 0 Å². The zero-order valence-electron chi connectivity index (χ0n) is 35.9. The first-order valence-corrected chi connectivity index (χ1v) is 20.8. The Kier molecular flexibility index (Phi) is 8.85. The largest absolute Gasteiger partial charge is 0.463 e. The van der Waals surface area contributed by atoms with Crippen molar-refractivity contribution in [3.8, 4) is 0 Å². The van der Waals surface area contributed by atoms with Crippen LogP contribution in [0.5, 0.6) is 0 Å². The average molecular weight is 857 g/mol. The van der Waals surface area contributed by atoms with Crippen molar-refractivity contribution in [2.24, 2.45) is 0 Å². The summed E-state index contributed by atoms with van der Waals surface area (Å²) in [5.41, 5.74) is -5.17. The minimum atomic E-state index is -2.80. The van der Waals surface area contributed by atoms with Gasteiger partial charge >= 0.3 is 48.0 Å². The van der Waals surface area contributed by atoms with E-state index in [1.165, 1.54) is 27.7 Å². The van der Waals surface area contributed by atoms with Gasteiger partial charge in [-0.15, -0.1) is 0 Å². The Labute approximate surface area is 356 Å². The minimum Gasteiger partial charge on any atom is -0.463 e. The molecule has 8 amide bonds. The molecule has 0 unspecified atom stereocenters. The van der Waals surface area contributed by atoms with Crippen LogP contribution in [0.2, 0.25) is 0 Å². The Balaban J connectivity index is 1.38. The maximum absolute atomic E-state index is 15.6. The zero-order chi connectivity index (χ0) is 44.6. The fourth-order valence-electron chi connectivity index (χ4n) is 11.0. The van der Waals surface area contributed by atoms with Crippen LogP contribution in [0.3, 0.4) is 0 Å². The van der Waals surface area contributed by atoms with E-state index in [9.17, 15) is 0 Å². The summed E-state index contributed by atoms with van der Waals surface area (Å²) in [5, 5.41) is 0. The second kappa shape index (κ2) is 13.4. The minimum absolute atomic E-state index is 0.235. The van der Waals surface area contributed by atoms with E-state index in [2.05, 4.69) is 0 Å². The van der Waals surface area contributed by atoms with Gasteiger partial charge in [0.05, 0.1) is 52.6 Å². The molecule has 5 fully saturated rings. The molecule has 7 aliphatic heterocycles. The fourth-order valence-corrected chi connectivity index (χ4v) is 11.0. The summed E-state index contributed by atoms with van der Waals surface area (Å²) in [7, 11) is 0. The number of ether oxygens (including phenoxy) is 4. The van der Waals surface area contributed by atoms with Gasteiger partial charge in [0, 0.05) is 0 Å². The predicted molar refractivity (Wildman–Crippen MR) is 210 cm³/mol. The Morgan fingerprint density at radius 2 is 0.597 bits per heavy atom. The summed E-state index contributed by atoms with van der Waals surface area (Å²) in [5.74, 6) is -4.79. The molecule has 20 nitrogen and oxygen atoms in total. The summed E-state index contributed by atoms with van der Waals surface area (Å²) < 4.78 is 23.0. The molecule has 0 aliphatic carbocycles. The molecule has 0 spiro atoms. The van der Waals surface area contributed by atoms with E-state index in [4.69, 9.17) is 18.9 Å². The van der Waals surface area contributed by atoms with Crippen molar-refractivity contribution in [1.82, 2.24) is 39.2 Å². The molecule has 0 atom stereocenters. The molecule has 2 aromatic rings. The molecule has 0 N–H and O–H groups in total. The van der Waals surface area contributed by atoms with Crippen molar-refractivity contribution in [2.75, 3.05) is 39.8 Å². The number of carbonyl (C=O) groups is 8. The molecule has 328 valence electrons. The standard InChI is InChI=1S/C42H48N8O12/c1-9-59-31(51)39-41(33(53)61-11-3)47-21-49-37(57)45-19-29-15-25(7)26(8)16-30(29)20-46-38(58)50(42(49,34(54)62-12-4)40(45,46)32(52)60-10-2)22-48(41)36(56)44(39)18-28-14-24(6)23(5)13-27(28)17-43(39)35(47)55/h13-16H,9-12,17-22H2,1-8H3. The molecule has 0 bridgehead atoms. The number of amides is 8. The van der Waals surface area contributed by atoms with Crippen LogP contribution in [0.1, 0.15) is 72.2 Å². The molecule has 7 aliphatic rings. The molecule has 20 heteroatoms. The monoisotopic (exact) mass is 856 g/mol. The highest BCUT2D eigenvalue weighted by molar-refractivity contribution is 6.12. The summed E-state index contributed by atoms with van der Waals surface area (Å²) in [6, 6.07) is 3.30. The molecular formula is C42H48N8O12. The van der Waals surface area contributed by atoms with Gasteiger partial charge in [-0.3, -0.25) is 39.2 Å². The predicted octanol–water partition coefficient (Wildman–Crippen LogP) is 2.56. The third kappa shape index (κ3) is 4.36. The summed E-state index contributed by atoms with van der Waals surface area (Å²) in [6.45, 7) is 9.17. The van der Waals surface area contributed by atoms with Gasteiger partial charge in [-0.1, -0.05) is 24.3 Å². The molecular weight excluding hydrogens is 809 g/mol. The van der Waals surface area contributed by atoms with Crippen molar-refractivity contribution in [2.45, 2.75) is 104 Å². The first kappa shape index (κ1) is 40.8. The van der Waals surface area contributed by atoms with Crippen LogP contribution in [0.15, 0.2) is 24.3 Å². The lowest BCUT2D eigenvalue weighted by molar-refractivity contribution is -0.209. The van der Waals surface area contributed by atoms with Crippen molar-refractivity contribution in [3.05, 3.63) is 68.8 Å². The van der Waals surface area contributed by atoms with Crippen LogP contribution in [0, 0.1) is 27.7 Å². The summed E-state index contributed by atoms with van der Waals surface area (Å²) in [6.07, 6.45) is 0. The summed E-state index contributed by atoms with van der Waals surface area (Å²) in [4.78, 5) is 131. The highest BCUT2D eigenvalue weighted by Gasteiger charge is 2.93. The average Bonchev–Trinajstić information content (AvgIpc) is 3.61. The van der Waals surface area contributed by atoms with Gasteiger partial charge in [-0.05, 0) is 99.9 Å². The van der Waals surface area contributed by atoms with E-state index in [1.54, 1.807) is 0 Å². The fraction of sp³-hybridized carbons (Fsp3) is 0.524. The smallest absolute Gasteiger partial charge is 0.359 e. The van der Waals surface area contributed by atoms with Crippen LogP contribution in [-0.4, -0.2) is 150 Å². The lowest BCUT2D eigenvalue weighted by Gasteiger charge is -2.51. The van der Waals surface area contributed by atoms with Crippen LogP contribution in [-0.2, 0) is 64.3 Å². The quantitative estimate of drug-likeness (QED) is 0.278. The molecule has 2 aromatic carbocycles. The molecule has 5 saturated heterocycles. The van der Waals surface area contributed by atoms with Crippen LogP contribution in [0.4, 0.5) is 19.2 Å². The third-order valence-corrected chi connectivity index (χ3v) is 13.7. The molecule has 9 rings (SSSR count). The molecule has 0 radical (unpaired) electrons. The van der Waals surface area contributed by atoms with Gasteiger partial charge in [0.15, 0.2) is 0 Å². The van der Waals surface area contributed by atoms with Gasteiger partial charge in [0.1, 0.15) is 13.3 Å². The second-order valence-corrected chi connectivity index (χ2v) is 16.5. The van der Waals surface area contributed by atoms with E-state index >= 15 is 38.4 Å². The third-order valence-electron chi connectivity index (χ3n) is 13.7. The van der Waals surface area contributed by atoms with Crippen molar-refractivity contribution >= 4 is 48.0 Å². The maximum atomic E-state index is 15.6. The Morgan fingerprint density at radius 1 is 0.403 bits per heavy atom. The number of hydrogen-bond donors (Lipinski definition) is 0. The van der Waals surface area contributed by atoms with E-state index in [-0.39, 0.29) is 52.6 Å². The first-order chi connectivity index (χ1) is 29.5. The van der Waals surface area contributed by atoms with Crippen molar-refractivity contribution in [1.29, 1.82) is 0 Å². The molecule has 0 aromatic heterocycles. The maximum Gasteiger partial charge on any atom is 0.359 e. The van der Waals surface area contributed by atoms with E-state index in [0.29, 0.717) is 22.3 Å². The summed E-state index contributed by atoms with van der Waals surface area (Å²) >= 11 is 0. The van der Waals surface area contributed by atoms with Gasteiger partial charge in [0.2, 0.25) is 0 Å². The number of nitrogens with zero attached hydrogens (tertiary/aromatic N) is 8. The number of rotatable bonds is 8. The highest BCUT2D eigenvalue weighted by Crippen LogP contribution is 2.61. The molecule has 7 heterocycles. The van der Waals surface area contributed by atoms with E-state index in [1.807, 2.05) is 52.0 Å². The SMILES string of the molecule is CCOC(=O)C12N3Cc4cc(C)c(C)cc4CN1C(=O)N1CN4C(=O)N5Cc6cc(C)c(C)cc6CN6C(=O)N(CN(C3=O)C12C(=O)OCC)C4(C(=O)OCC)C65C(=O)OCC. The first-order valence-electron chi connectivity index (χ1n) is 20.8. The Morgan fingerprint density at radius 3 is 0.790 bits per heavy atom. The number of fused-ring (bicyclic) bond motifs is 2. The van der Waals surface area contributed by atoms with Gasteiger partial charge < -0.3 is 18.9 Å². The van der Waals surface area contributed by atoms with Crippen molar-refractivity contribution < 1.29 is 57.3 Å². The normalized spacial score (nSPS) is 27.6. The number of aryl methyl sites for hydroxylation is 4. The topological polar surface area (TPSA) is 199 Å². The molecule has 62 heavy (non-hydrogen) atoms. The lowest BCUT2D eigenvalue weighted by Crippen LogP contribution is -2.81. The number of carbonyl (C=O) groups excluding carboxylic acids is 8. The Bertz CT molecular complexity index is 2160. The van der Waals surface area contributed by atoms with E-state index < -0.39 is 84.0 Å². The van der Waals surface area contributed by atoms with Crippen LogP contribution in [0.25, 0.3) is 0 Å². The number of urea groups is 4. The van der Waals surface area contributed by atoms with Gasteiger partial charge in [-0.25, -0.2) is 38.4 Å². The van der Waals surface area contributed by atoms with Gasteiger partial charge in [0.25, 0.3) is 22.7 Å². The lowest BCUT2D eigenvalue weighted by atomic mass is 9.88. The van der Waals surface area contributed by atoms with Crippen LogP contribution >= 0.6 is 0 Å². The van der Waals surface area contributed by atoms with E-state index in [0.717, 1.165) is 61.5 Å². The number of esters is 4. The second-order valence-electron chi connectivity index (χ2n) is 16.5. The zero-order valence-corrected chi connectivity index (χ0v) is 35.9.